The average Bonchev–Trinajstić information content (AvgIpc) is 3.15. The molecule has 2 N–H and O–H groups in total. The van der Waals surface area contributed by atoms with Gasteiger partial charge >= 0.3 is 5.97 Å². The lowest BCUT2D eigenvalue weighted by molar-refractivity contribution is -0.305. The van der Waals surface area contributed by atoms with Gasteiger partial charge in [-0.1, -0.05) is 71.9 Å². The van der Waals surface area contributed by atoms with Crippen molar-refractivity contribution in [2.45, 2.75) is 54.4 Å². The largest absolute Gasteiger partial charge is 0.481 e. The second-order valence-electron chi connectivity index (χ2n) is 5.79. The highest BCUT2D eigenvalue weighted by Gasteiger charge is 2.33. The van der Waals surface area contributed by atoms with Crippen molar-refractivity contribution >= 4 is 11.4 Å². The Kier molecular flexibility index (Phi) is 11.1. The summed E-state index contributed by atoms with van der Waals surface area (Å²) < 4.78 is 12.3. The molecule has 0 saturated carbocycles. The molecule has 0 spiro atoms. The molecule has 4 rings (SSSR count). The van der Waals surface area contributed by atoms with Crippen LogP contribution < -0.4 is 9.47 Å². The highest BCUT2D eigenvalue weighted by molar-refractivity contribution is 5.57. The fraction of sp³-hybridized carbons (Fsp3) is 0.375. The maximum atomic E-state index is 10.2. The number of para-hydroxylation sites is 2. The van der Waals surface area contributed by atoms with Gasteiger partial charge in [-0.05, 0) is 31.2 Å². The average molecular weight is 443 g/mol. The van der Waals surface area contributed by atoms with Crippen LogP contribution >= 0.6 is 0 Å². The molecule has 0 unspecified atom stereocenters. The van der Waals surface area contributed by atoms with Gasteiger partial charge in [-0.25, -0.2) is 0 Å². The van der Waals surface area contributed by atoms with Gasteiger partial charge in [-0.2, -0.15) is 9.78 Å². The molecule has 0 amide bonds. The normalized spacial score (nSPS) is 13.0. The van der Waals surface area contributed by atoms with Gasteiger partial charge in [0, 0.05) is 0 Å². The zero-order chi connectivity index (χ0) is 24.1. The fourth-order valence-electron chi connectivity index (χ4n) is 2.57. The summed E-state index contributed by atoms with van der Waals surface area (Å²) in [5.74, 6) is -2.15. The van der Waals surface area contributed by atoms with E-state index in [1.54, 1.807) is 31.2 Å². The molecule has 1 aliphatic rings. The number of nitrogens with zero attached hydrogens (tertiary/aromatic N) is 4. The highest BCUT2D eigenvalue weighted by Crippen LogP contribution is 2.38. The van der Waals surface area contributed by atoms with E-state index in [0.29, 0.717) is 28.5 Å². The van der Waals surface area contributed by atoms with Crippen molar-refractivity contribution in [2.24, 2.45) is 10.2 Å². The minimum atomic E-state index is -2.58. The molecule has 32 heavy (non-hydrogen) atoms. The van der Waals surface area contributed by atoms with Crippen molar-refractivity contribution in [3.8, 4) is 17.3 Å². The van der Waals surface area contributed by atoms with Crippen molar-refractivity contribution < 1.29 is 19.7 Å². The molecule has 0 bridgehead atoms. The number of ether oxygens (including phenoxy) is 2. The Morgan fingerprint density at radius 3 is 2.09 bits per heavy atom. The predicted molar refractivity (Wildman–Crippen MR) is 126 cm³/mol. The van der Waals surface area contributed by atoms with E-state index in [9.17, 15) is 10.2 Å². The standard InChI is InChI=1S/C18H16N4O4.3C2H6/c1-12-16-17(22(21-12)13-7-3-2-4-8-13)26-18(23,24)11-25-15-10-6-5-9-14(15)19-20-16;3*1-2/h2-10,23-24H,11H2,1H3;3*1-2H3. The first kappa shape index (κ1) is 26.8. The Morgan fingerprint density at radius 1 is 0.844 bits per heavy atom. The Hall–Kier alpha value is -3.23. The van der Waals surface area contributed by atoms with Crippen molar-refractivity contribution in [3.05, 3.63) is 60.3 Å². The minimum Gasteiger partial charge on any atom is -0.481 e. The van der Waals surface area contributed by atoms with E-state index in [4.69, 9.17) is 9.47 Å². The maximum Gasteiger partial charge on any atom is 0.359 e. The topological polar surface area (TPSA) is 101 Å². The Balaban J connectivity index is 0.000000789. The van der Waals surface area contributed by atoms with Crippen LogP contribution in [0.2, 0.25) is 0 Å². The quantitative estimate of drug-likeness (QED) is 0.444. The molecular weight excluding hydrogens is 408 g/mol. The van der Waals surface area contributed by atoms with Crippen LogP contribution in [0.4, 0.5) is 11.4 Å². The lowest BCUT2D eigenvalue weighted by atomic mass is 10.3. The van der Waals surface area contributed by atoms with E-state index in [0.717, 1.165) is 0 Å². The summed E-state index contributed by atoms with van der Waals surface area (Å²) in [4.78, 5) is 0. The van der Waals surface area contributed by atoms with Crippen LogP contribution in [0.25, 0.3) is 5.69 Å². The van der Waals surface area contributed by atoms with E-state index in [1.165, 1.54) is 4.68 Å². The van der Waals surface area contributed by atoms with Gasteiger partial charge < -0.3 is 19.7 Å². The predicted octanol–water partition coefficient (Wildman–Crippen LogP) is 6.08. The molecule has 2 heterocycles. The van der Waals surface area contributed by atoms with Gasteiger partial charge in [0.1, 0.15) is 11.4 Å². The van der Waals surface area contributed by atoms with Crippen molar-refractivity contribution in [2.75, 3.05) is 6.61 Å². The molecular formula is C24H34N4O4. The molecule has 2 aromatic carbocycles. The van der Waals surface area contributed by atoms with Crippen molar-refractivity contribution in [1.29, 1.82) is 0 Å². The van der Waals surface area contributed by atoms with E-state index in [1.807, 2.05) is 71.9 Å². The molecule has 1 aliphatic heterocycles. The number of azo groups is 1. The lowest BCUT2D eigenvalue weighted by Crippen LogP contribution is -2.42. The third-order valence-corrected chi connectivity index (χ3v) is 3.79. The first-order chi connectivity index (χ1) is 15.5. The monoisotopic (exact) mass is 442 g/mol. The zero-order valence-corrected chi connectivity index (χ0v) is 19.9. The SMILES string of the molecule is CC.CC.CC.Cc1nn(-c2ccccc2)c2c1N=Nc1ccccc1OCC(O)(O)O2. The summed E-state index contributed by atoms with van der Waals surface area (Å²) in [6, 6.07) is 16.1. The molecule has 0 radical (unpaired) electrons. The van der Waals surface area contributed by atoms with Crippen LogP contribution in [0.15, 0.2) is 64.8 Å². The first-order valence-corrected chi connectivity index (χ1v) is 11.0. The molecule has 0 aliphatic carbocycles. The summed E-state index contributed by atoms with van der Waals surface area (Å²) in [6.07, 6.45) is 0. The summed E-state index contributed by atoms with van der Waals surface area (Å²) >= 11 is 0. The Morgan fingerprint density at radius 2 is 1.44 bits per heavy atom. The molecule has 8 heteroatoms. The van der Waals surface area contributed by atoms with Gasteiger partial charge in [0.05, 0.1) is 11.4 Å². The third kappa shape index (κ3) is 6.63. The summed E-state index contributed by atoms with van der Waals surface area (Å²) in [7, 11) is 0. The summed E-state index contributed by atoms with van der Waals surface area (Å²) in [5.41, 5.74) is 1.98. The summed E-state index contributed by atoms with van der Waals surface area (Å²) in [5, 5.41) is 33.3. The molecule has 3 aromatic rings. The van der Waals surface area contributed by atoms with E-state index >= 15 is 0 Å². The van der Waals surface area contributed by atoms with Crippen LogP contribution in [0, 0.1) is 6.92 Å². The molecule has 174 valence electrons. The number of hydrogen-bond donors (Lipinski definition) is 2. The van der Waals surface area contributed by atoms with Crippen LogP contribution in [0.5, 0.6) is 11.6 Å². The van der Waals surface area contributed by atoms with Crippen molar-refractivity contribution in [1.82, 2.24) is 9.78 Å². The molecule has 0 saturated heterocycles. The molecule has 8 nitrogen and oxygen atoms in total. The maximum absolute atomic E-state index is 10.2. The van der Waals surface area contributed by atoms with Crippen LogP contribution in [-0.4, -0.2) is 32.6 Å². The summed E-state index contributed by atoms with van der Waals surface area (Å²) in [6.45, 7) is 13.2. The van der Waals surface area contributed by atoms with Gasteiger partial charge in [-0.15, -0.1) is 10.2 Å². The van der Waals surface area contributed by atoms with Gasteiger partial charge in [0.2, 0.25) is 5.88 Å². The number of benzene rings is 2. The highest BCUT2D eigenvalue weighted by atomic mass is 16.8. The molecule has 1 aromatic heterocycles. The smallest absolute Gasteiger partial charge is 0.359 e. The lowest BCUT2D eigenvalue weighted by Gasteiger charge is -2.24. The van der Waals surface area contributed by atoms with Gasteiger partial charge in [0.15, 0.2) is 12.3 Å². The second-order valence-corrected chi connectivity index (χ2v) is 5.79. The first-order valence-electron chi connectivity index (χ1n) is 11.0. The number of aryl methyl sites for hydroxylation is 1. The minimum absolute atomic E-state index is 0.0606. The number of fused-ring (bicyclic) bond motifs is 2. The Labute approximate surface area is 190 Å². The molecule has 0 atom stereocenters. The number of aromatic nitrogens is 2. The number of aliphatic hydroxyl groups is 2. The zero-order valence-electron chi connectivity index (χ0n) is 19.9. The van der Waals surface area contributed by atoms with E-state index < -0.39 is 12.6 Å². The van der Waals surface area contributed by atoms with Crippen LogP contribution in [-0.2, 0) is 0 Å². The third-order valence-electron chi connectivity index (χ3n) is 3.79. The fourth-order valence-corrected chi connectivity index (χ4v) is 2.57. The molecule has 0 fully saturated rings. The Bertz CT molecular complexity index is 969. The number of hydrogen-bond acceptors (Lipinski definition) is 7. The second kappa shape index (κ2) is 13.2. The van der Waals surface area contributed by atoms with Crippen molar-refractivity contribution in [3.63, 3.8) is 0 Å². The van der Waals surface area contributed by atoms with Crippen LogP contribution in [0.3, 0.4) is 0 Å². The van der Waals surface area contributed by atoms with Crippen LogP contribution in [0.1, 0.15) is 47.2 Å². The number of rotatable bonds is 1. The van der Waals surface area contributed by atoms with Gasteiger partial charge in [0.25, 0.3) is 0 Å². The van der Waals surface area contributed by atoms with E-state index in [2.05, 4.69) is 15.3 Å². The van der Waals surface area contributed by atoms with Gasteiger partial charge in [-0.3, -0.25) is 0 Å². The van der Waals surface area contributed by atoms with E-state index in [-0.39, 0.29) is 5.88 Å².